The molecule has 0 saturated heterocycles. The van der Waals surface area contributed by atoms with E-state index in [4.69, 9.17) is 29.9 Å². The van der Waals surface area contributed by atoms with E-state index in [0.717, 1.165) is 111 Å². The minimum Gasteiger partial charge on any atom is -0.292 e. The first-order valence-corrected chi connectivity index (χ1v) is 46.2. The Labute approximate surface area is 770 Å². The molecule has 0 bridgehead atoms. The van der Waals surface area contributed by atoms with Gasteiger partial charge in [-0.3, -0.25) is 13.7 Å². The fourth-order valence-corrected chi connectivity index (χ4v) is 23.5. The van der Waals surface area contributed by atoms with E-state index < -0.39 is 0 Å². The lowest BCUT2D eigenvalue weighted by Crippen LogP contribution is -2.03. The van der Waals surface area contributed by atoms with E-state index in [-0.39, 0.29) is 0 Å². The molecule has 0 saturated carbocycles. The van der Waals surface area contributed by atoms with E-state index in [2.05, 4.69) is 408 Å². The standard InChI is InChI=1S/2C44H25N3.C38H21N3/c1-2-10-26(11-3-1)27-20-22-28(23-21-27)43-44(46-36-18-7-6-17-35(36)45-43)47-37-19-9-16-33-32-15-8-14-31-29-12-4-5-13-30(29)34-24-25-38(47)42(40(33)37)41(34)39(31)32;1-2-10-26(11-3-1)27-20-22-28(23-21-27)43-35-14-6-7-18-36(35)45-44(46-43)47-37-19-9-17-33-32-16-8-15-31-29-12-4-5-13-30(29)34-24-25-38(47)42(40(33)37)41(34)39(31)32;1-2-10-22(11-3-1)37-38(40-30-18-7-6-17-29(30)39-37)41-31-19-9-16-27-26-15-8-14-25-23-12-4-5-13-24(23)28-20-21-32(41)36(34(27)31)35(28)33(25)26/h2*1-25H;1-21H. The normalized spacial score (nSPS) is 12.3. The monoisotopic (exact) mass is 1710 g/mol. The molecule has 0 radical (unpaired) electrons. The lowest BCUT2D eigenvalue weighted by atomic mass is 9.86. The van der Waals surface area contributed by atoms with Gasteiger partial charge in [0.2, 0.25) is 5.95 Å². The minimum atomic E-state index is 0.685. The van der Waals surface area contributed by atoms with Crippen LogP contribution in [0.15, 0.2) is 431 Å². The van der Waals surface area contributed by atoms with Gasteiger partial charge in [-0.15, -0.1) is 0 Å². The largest absolute Gasteiger partial charge is 0.292 e. The van der Waals surface area contributed by atoms with Crippen LogP contribution in [0, 0.1) is 0 Å². The number of para-hydroxylation sites is 5. The Kier molecular flexibility index (Phi) is 15.4. The van der Waals surface area contributed by atoms with Crippen LogP contribution in [0.2, 0.25) is 0 Å². The van der Waals surface area contributed by atoms with Gasteiger partial charge in [-0.25, -0.2) is 29.9 Å². The quantitative estimate of drug-likeness (QED) is 0.111. The molecule has 0 fully saturated rings. The van der Waals surface area contributed by atoms with Crippen LogP contribution in [-0.2, 0) is 0 Å². The van der Waals surface area contributed by atoms with Crippen molar-refractivity contribution in [3.63, 3.8) is 0 Å². The summed E-state index contributed by atoms with van der Waals surface area (Å²) in [6.07, 6.45) is 0. The first-order chi connectivity index (χ1) is 67.0. The van der Waals surface area contributed by atoms with Crippen LogP contribution in [0.25, 0.3) is 301 Å². The second-order valence-corrected chi connectivity index (χ2v) is 36.0. The maximum atomic E-state index is 5.39. The highest BCUT2D eigenvalue weighted by Crippen LogP contribution is 2.55. The van der Waals surface area contributed by atoms with Crippen LogP contribution in [-0.4, -0.2) is 43.6 Å². The zero-order chi connectivity index (χ0) is 87.9. The number of hydrogen-bond acceptors (Lipinski definition) is 6. The van der Waals surface area contributed by atoms with Crippen molar-refractivity contribution in [3.05, 3.63) is 431 Å². The maximum absolute atomic E-state index is 5.39. The Morgan fingerprint density at radius 1 is 0.119 bits per heavy atom. The first-order valence-electron chi connectivity index (χ1n) is 46.2. The molecule has 9 nitrogen and oxygen atoms in total. The average Bonchev–Trinajstić information content (AvgIpc) is 1.57. The highest BCUT2D eigenvalue weighted by atomic mass is 15.2. The van der Waals surface area contributed by atoms with E-state index in [1.54, 1.807) is 0 Å². The summed E-state index contributed by atoms with van der Waals surface area (Å²) in [7, 11) is 0. The number of aromatic nitrogens is 9. The third kappa shape index (κ3) is 10.5. The Hall–Kier alpha value is -18.2. The molecule has 26 aromatic carbocycles. The predicted octanol–water partition coefficient (Wildman–Crippen LogP) is 33.0. The van der Waals surface area contributed by atoms with Crippen LogP contribution in [0.5, 0.6) is 0 Å². The minimum absolute atomic E-state index is 0.685. The van der Waals surface area contributed by atoms with Gasteiger partial charge in [-0.05, 0) is 202 Å². The smallest absolute Gasteiger partial charge is 0.235 e. The van der Waals surface area contributed by atoms with Gasteiger partial charge in [-0.2, -0.15) is 0 Å². The first kappa shape index (κ1) is 73.7. The van der Waals surface area contributed by atoms with Crippen LogP contribution in [0.4, 0.5) is 0 Å². The number of fused-ring (bicyclic) bond motifs is 15. The van der Waals surface area contributed by atoms with Gasteiger partial charge in [0.05, 0.1) is 66.4 Å². The Morgan fingerprint density at radius 3 is 0.726 bits per heavy atom. The Morgan fingerprint density at radius 2 is 0.356 bits per heavy atom. The predicted molar refractivity (Wildman–Crippen MR) is 566 cm³/mol. The van der Waals surface area contributed by atoms with Crippen molar-refractivity contribution in [2.45, 2.75) is 0 Å². The van der Waals surface area contributed by atoms with Gasteiger partial charge in [0, 0.05) is 70.6 Å². The maximum Gasteiger partial charge on any atom is 0.235 e. The number of benzene rings is 26. The summed E-state index contributed by atoms with van der Waals surface area (Å²) >= 11 is 0. The third-order valence-electron chi connectivity index (χ3n) is 29.1. The van der Waals surface area contributed by atoms with E-state index in [0.29, 0.717) is 5.95 Å². The zero-order valence-electron chi connectivity index (χ0n) is 72.5. The molecular formula is C126H71N9. The molecular weight excluding hydrogens is 1640 g/mol. The molecule has 0 spiro atoms. The van der Waals surface area contributed by atoms with Crippen LogP contribution in [0.1, 0.15) is 0 Å². The molecule has 0 aliphatic heterocycles. The molecule has 0 N–H and O–H groups in total. The third-order valence-corrected chi connectivity index (χ3v) is 29.1. The molecule has 32 aromatic rings. The van der Waals surface area contributed by atoms with Crippen molar-refractivity contribution in [2.75, 3.05) is 0 Å². The van der Waals surface area contributed by atoms with Crippen molar-refractivity contribution < 1.29 is 0 Å². The highest BCUT2D eigenvalue weighted by molar-refractivity contribution is 6.48. The molecule has 0 amide bonds. The second-order valence-electron chi connectivity index (χ2n) is 36.0. The summed E-state index contributed by atoms with van der Waals surface area (Å²) in [6.45, 7) is 0. The lowest BCUT2D eigenvalue weighted by molar-refractivity contribution is 1.01. The van der Waals surface area contributed by atoms with Crippen LogP contribution >= 0.6 is 0 Å². The summed E-state index contributed by atoms with van der Waals surface area (Å²) in [6, 6.07) is 154. The molecule has 620 valence electrons. The molecule has 0 atom stereocenters. The van der Waals surface area contributed by atoms with E-state index in [9.17, 15) is 0 Å². The van der Waals surface area contributed by atoms with Gasteiger partial charge in [0.15, 0.2) is 11.6 Å². The van der Waals surface area contributed by atoms with E-state index in [1.165, 1.54) is 184 Å². The molecule has 0 aliphatic carbocycles. The fraction of sp³-hybridized carbons (Fsp3) is 0. The van der Waals surface area contributed by atoms with Gasteiger partial charge in [0.25, 0.3) is 0 Å². The summed E-state index contributed by atoms with van der Waals surface area (Å²) in [4.78, 5) is 31.8. The molecule has 9 heteroatoms. The van der Waals surface area contributed by atoms with Crippen molar-refractivity contribution in [3.8, 4) is 73.6 Å². The summed E-state index contributed by atoms with van der Waals surface area (Å²) in [5, 5.41) is 40.1. The summed E-state index contributed by atoms with van der Waals surface area (Å²) in [5.74, 6) is 2.38. The fourth-order valence-electron chi connectivity index (χ4n) is 23.5. The van der Waals surface area contributed by atoms with Gasteiger partial charge < -0.3 is 0 Å². The van der Waals surface area contributed by atoms with E-state index >= 15 is 0 Å². The molecule has 135 heavy (non-hydrogen) atoms. The Bertz CT molecular complexity index is 10500. The van der Waals surface area contributed by atoms with Crippen molar-refractivity contribution in [1.82, 2.24) is 43.6 Å². The SMILES string of the molecule is c1ccc(-c2ccc(-c3nc(-n4c5cccc6c7cccc8c9ccccc9c9ccc4c(c9c87)c65)nc4ccccc34)cc2)cc1.c1ccc(-c2ccc(-c3nc4ccccc4nc3-n3c4cccc5c6cccc7c8ccccc8c8ccc3c(c8c76)c54)cc2)cc1.c1ccc(-c2nc3ccccc3nc2-n2c3cccc4c5cccc6c7ccccc7c7ccc2c(c7c65)c43)cc1. The number of rotatable bonds is 8. The van der Waals surface area contributed by atoms with E-state index in [1.807, 2.05) is 36.4 Å². The summed E-state index contributed by atoms with van der Waals surface area (Å²) < 4.78 is 7.00. The number of nitrogens with zero attached hydrogens (tertiary/aromatic N) is 9. The second kappa shape index (κ2) is 28.2. The molecule has 6 aromatic heterocycles. The molecule has 32 rings (SSSR count). The molecule has 6 heterocycles. The van der Waals surface area contributed by atoms with Gasteiger partial charge in [0.1, 0.15) is 11.4 Å². The van der Waals surface area contributed by atoms with Crippen LogP contribution < -0.4 is 0 Å². The lowest BCUT2D eigenvalue weighted by Gasteiger charge is -2.16. The van der Waals surface area contributed by atoms with Crippen molar-refractivity contribution in [2.24, 2.45) is 0 Å². The summed E-state index contributed by atoms with van der Waals surface area (Å²) in [5.41, 5.74) is 22.0. The topological polar surface area (TPSA) is 92.1 Å². The molecule has 0 unspecified atom stereocenters. The number of hydrogen-bond donors (Lipinski definition) is 0. The average molecular weight is 1710 g/mol. The van der Waals surface area contributed by atoms with Crippen molar-refractivity contribution >= 4 is 228 Å². The molecule has 0 aliphatic rings. The van der Waals surface area contributed by atoms with Gasteiger partial charge in [-0.1, -0.05) is 364 Å². The van der Waals surface area contributed by atoms with Crippen LogP contribution in [0.3, 0.4) is 0 Å². The zero-order valence-corrected chi connectivity index (χ0v) is 72.5. The van der Waals surface area contributed by atoms with Gasteiger partial charge >= 0.3 is 0 Å². The highest BCUT2D eigenvalue weighted by Gasteiger charge is 2.31. The Balaban J connectivity index is 0.0000000967. The van der Waals surface area contributed by atoms with Crippen molar-refractivity contribution in [1.29, 1.82) is 0 Å².